The van der Waals surface area contributed by atoms with Gasteiger partial charge in [-0.1, -0.05) is 24.4 Å². The zero-order valence-electron chi connectivity index (χ0n) is 12.0. The third kappa shape index (κ3) is 2.77. The average Bonchev–Trinajstić information content (AvgIpc) is 2.38. The highest BCUT2D eigenvalue weighted by Crippen LogP contribution is 2.28. The van der Waals surface area contributed by atoms with E-state index >= 15 is 0 Å². The molecule has 2 aromatic rings. The topological polar surface area (TPSA) is 61.0 Å². The Bertz CT molecular complexity index is 683. The molecule has 0 spiro atoms. The van der Waals surface area contributed by atoms with Crippen LogP contribution < -0.4 is 10.5 Å². The molecule has 2 N–H and O–H groups in total. The van der Waals surface area contributed by atoms with Gasteiger partial charge in [-0.2, -0.15) is 5.10 Å². The van der Waals surface area contributed by atoms with E-state index in [9.17, 15) is 0 Å². The summed E-state index contributed by atoms with van der Waals surface area (Å²) in [6.45, 7) is 7.76. The number of nitrogens with two attached hydrogens (primary N) is 1. The zero-order chi connectivity index (χ0) is 14.9. The summed E-state index contributed by atoms with van der Waals surface area (Å²) in [6.07, 6.45) is 0. The fourth-order valence-electron chi connectivity index (χ4n) is 1.87. The van der Waals surface area contributed by atoms with Crippen LogP contribution >= 0.6 is 12.2 Å². The van der Waals surface area contributed by atoms with Crippen molar-refractivity contribution in [2.75, 3.05) is 0 Å². The van der Waals surface area contributed by atoms with E-state index in [-0.39, 0.29) is 4.99 Å². The lowest BCUT2D eigenvalue weighted by Gasteiger charge is -2.13. The molecule has 0 aliphatic heterocycles. The summed E-state index contributed by atoms with van der Waals surface area (Å²) >= 11 is 5.10. The van der Waals surface area contributed by atoms with Gasteiger partial charge < -0.3 is 10.5 Å². The van der Waals surface area contributed by atoms with Crippen LogP contribution in [-0.2, 0) is 0 Å². The Morgan fingerprint density at radius 3 is 2.50 bits per heavy atom. The monoisotopic (exact) mass is 287 g/mol. The minimum atomic E-state index is 0.265. The van der Waals surface area contributed by atoms with Gasteiger partial charge in [0.25, 0.3) is 0 Å². The van der Waals surface area contributed by atoms with Gasteiger partial charge in [0.2, 0.25) is 5.88 Å². The first-order chi connectivity index (χ1) is 9.40. The van der Waals surface area contributed by atoms with Gasteiger partial charge in [0.1, 0.15) is 10.7 Å². The van der Waals surface area contributed by atoms with E-state index in [0.717, 1.165) is 28.1 Å². The molecule has 1 aromatic carbocycles. The number of thiocarbonyl (C=S) groups is 1. The molecule has 2 rings (SSSR count). The second-order valence-electron chi connectivity index (χ2n) is 4.83. The molecular formula is C15H17N3OS. The fourth-order valence-corrected chi connectivity index (χ4v) is 2.11. The molecule has 20 heavy (non-hydrogen) atoms. The molecule has 0 radical (unpaired) electrons. The van der Waals surface area contributed by atoms with Crippen molar-refractivity contribution in [2.45, 2.75) is 27.7 Å². The van der Waals surface area contributed by atoms with E-state index in [1.165, 1.54) is 0 Å². The SMILES string of the molecule is Cc1ccc(C)c(Oc2nnc(C)c(C)c2C(N)=S)c1. The van der Waals surface area contributed by atoms with Crippen LogP contribution in [0.25, 0.3) is 0 Å². The van der Waals surface area contributed by atoms with Crippen molar-refractivity contribution in [3.05, 3.63) is 46.1 Å². The first-order valence-electron chi connectivity index (χ1n) is 6.29. The van der Waals surface area contributed by atoms with Gasteiger partial charge in [-0.15, -0.1) is 5.10 Å². The lowest BCUT2D eigenvalue weighted by molar-refractivity contribution is 0.449. The van der Waals surface area contributed by atoms with Crippen LogP contribution in [0, 0.1) is 27.7 Å². The molecule has 0 saturated carbocycles. The number of aryl methyl sites for hydroxylation is 3. The van der Waals surface area contributed by atoms with Crippen molar-refractivity contribution in [2.24, 2.45) is 5.73 Å². The van der Waals surface area contributed by atoms with Gasteiger partial charge in [-0.25, -0.2) is 0 Å². The smallest absolute Gasteiger partial charge is 0.249 e. The maximum absolute atomic E-state index is 5.88. The lowest BCUT2D eigenvalue weighted by atomic mass is 10.1. The lowest BCUT2D eigenvalue weighted by Crippen LogP contribution is -2.15. The summed E-state index contributed by atoms with van der Waals surface area (Å²) < 4.78 is 5.88. The van der Waals surface area contributed by atoms with Crippen LogP contribution in [0.15, 0.2) is 18.2 Å². The van der Waals surface area contributed by atoms with Gasteiger partial charge in [0, 0.05) is 0 Å². The number of ether oxygens (including phenoxy) is 1. The van der Waals surface area contributed by atoms with E-state index in [1.54, 1.807) is 0 Å². The number of benzene rings is 1. The van der Waals surface area contributed by atoms with E-state index < -0.39 is 0 Å². The molecule has 0 aliphatic rings. The number of aromatic nitrogens is 2. The third-order valence-electron chi connectivity index (χ3n) is 3.22. The minimum absolute atomic E-state index is 0.265. The Kier molecular flexibility index (Phi) is 3.99. The van der Waals surface area contributed by atoms with Crippen LogP contribution in [0.1, 0.15) is 27.9 Å². The van der Waals surface area contributed by atoms with E-state index in [2.05, 4.69) is 10.2 Å². The molecule has 0 amide bonds. The van der Waals surface area contributed by atoms with Gasteiger partial charge in [0.15, 0.2) is 0 Å². The summed E-state index contributed by atoms with van der Waals surface area (Å²) in [4.78, 5) is 0.265. The Hall–Kier alpha value is -2.01. The van der Waals surface area contributed by atoms with Gasteiger partial charge in [-0.05, 0) is 50.5 Å². The summed E-state index contributed by atoms with van der Waals surface area (Å²) in [6, 6.07) is 5.98. The van der Waals surface area contributed by atoms with Crippen molar-refractivity contribution >= 4 is 17.2 Å². The third-order valence-corrected chi connectivity index (χ3v) is 3.42. The molecule has 0 saturated heterocycles. The number of rotatable bonds is 3. The van der Waals surface area contributed by atoms with Crippen LogP contribution in [-0.4, -0.2) is 15.2 Å². The van der Waals surface area contributed by atoms with Gasteiger partial charge in [0.05, 0.1) is 11.3 Å². The maximum atomic E-state index is 5.88. The van der Waals surface area contributed by atoms with Crippen LogP contribution in [0.2, 0.25) is 0 Å². The highest BCUT2D eigenvalue weighted by atomic mass is 32.1. The summed E-state index contributed by atoms with van der Waals surface area (Å²) in [5, 5.41) is 8.17. The summed E-state index contributed by atoms with van der Waals surface area (Å²) in [5.74, 6) is 1.09. The predicted octanol–water partition coefficient (Wildman–Crippen LogP) is 3.14. The number of hydrogen-bond acceptors (Lipinski definition) is 4. The Morgan fingerprint density at radius 1 is 1.15 bits per heavy atom. The van der Waals surface area contributed by atoms with Crippen molar-refractivity contribution in [3.63, 3.8) is 0 Å². The fraction of sp³-hybridized carbons (Fsp3) is 0.267. The highest BCUT2D eigenvalue weighted by molar-refractivity contribution is 7.80. The van der Waals surface area contributed by atoms with Gasteiger partial charge in [-0.3, -0.25) is 0 Å². The first kappa shape index (κ1) is 14.4. The second kappa shape index (κ2) is 5.54. The Morgan fingerprint density at radius 2 is 1.85 bits per heavy atom. The van der Waals surface area contributed by atoms with E-state index in [4.69, 9.17) is 22.7 Å². The molecule has 4 nitrogen and oxygen atoms in total. The van der Waals surface area contributed by atoms with Crippen molar-refractivity contribution < 1.29 is 4.74 Å². The van der Waals surface area contributed by atoms with Crippen molar-refractivity contribution in [1.82, 2.24) is 10.2 Å². The van der Waals surface area contributed by atoms with Crippen LogP contribution in [0.4, 0.5) is 0 Å². The summed E-state index contributed by atoms with van der Waals surface area (Å²) in [5.41, 5.74) is 10.3. The second-order valence-corrected chi connectivity index (χ2v) is 5.27. The molecule has 0 atom stereocenters. The molecule has 104 valence electrons. The largest absolute Gasteiger partial charge is 0.437 e. The predicted molar refractivity (Wildman–Crippen MR) is 83.4 cm³/mol. The Labute approximate surface area is 124 Å². The highest BCUT2D eigenvalue weighted by Gasteiger charge is 2.16. The quantitative estimate of drug-likeness (QED) is 0.879. The molecule has 0 fully saturated rings. The Balaban J connectivity index is 2.51. The van der Waals surface area contributed by atoms with Crippen molar-refractivity contribution in [1.29, 1.82) is 0 Å². The molecule has 0 aliphatic carbocycles. The first-order valence-corrected chi connectivity index (χ1v) is 6.69. The van der Waals surface area contributed by atoms with E-state index in [1.807, 2.05) is 45.9 Å². The number of hydrogen-bond donors (Lipinski definition) is 1. The molecule has 5 heteroatoms. The molecule has 1 aromatic heterocycles. The normalized spacial score (nSPS) is 10.4. The average molecular weight is 287 g/mol. The zero-order valence-corrected chi connectivity index (χ0v) is 12.8. The molecular weight excluding hydrogens is 270 g/mol. The van der Waals surface area contributed by atoms with Crippen molar-refractivity contribution in [3.8, 4) is 11.6 Å². The van der Waals surface area contributed by atoms with Gasteiger partial charge >= 0.3 is 0 Å². The number of nitrogens with zero attached hydrogens (tertiary/aromatic N) is 2. The maximum Gasteiger partial charge on any atom is 0.249 e. The summed E-state index contributed by atoms with van der Waals surface area (Å²) in [7, 11) is 0. The standard InChI is InChI=1S/C15H17N3OS/c1-8-5-6-9(2)12(7-8)19-15-13(14(16)20)10(3)11(4)17-18-15/h5-7H,1-4H3,(H2,16,20). The molecule has 0 unspecified atom stereocenters. The van der Waals surface area contributed by atoms with E-state index in [0.29, 0.717) is 11.4 Å². The minimum Gasteiger partial charge on any atom is -0.437 e. The van der Waals surface area contributed by atoms with Crippen LogP contribution in [0.3, 0.4) is 0 Å². The van der Waals surface area contributed by atoms with Crippen LogP contribution in [0.5, 0.6) is 11.6 Å². The molecule has 0 bridgehead atoms. The molecule has 1 heterocycles.